The minimum Gasteiger partial charge on any atom is -0.306 e. The molecule has 0 amide bonds. The third-order valence-corrected chi connectivity index (χ3v) is 4.48. The monoisotopic (exact) mass is 277 g/mol. The van der Waals surface area contributed by atoms with E-state index in [1.54, 1.807) is 6.07 Å². The molecule has 0 spiro atoms. The standard InChI is InChI=1S/C16H20FNS/c1-5-18-15(16-11(3)8-12(4)19-16)13-6-7-14(17)10(2)9-13/h6-9,15,18H,5H2,1-4H3. The summed E-state index contributed by atoms with van der Waals surface area (Å²) in [4.78, 5) is 2.64. The lowest BCUT2D eigenvalue weighted by Crippen LogP contribution is -2.21. The van der Waals surface area contributed by atoms with Crippen LogP contribution < -0.4 is 5.32 Å². The lowest BCUT2D eigenvalue weighted by Gasteiger charge is -2.19. The van der Waals surface area contributed by atoms with E-state index in [1.165, 1.54) is 15.3 Å². The molecule has 1 aromatic carbocycles. The van der Waals surface area contributed by atoms with Crippen LogP contribution in [-0.2, 0) is 0 Å². The van der Waals surface area contributed by atoms with Crippen LogP contribution in [0.15, 0.2) is 24.3 Å². The number of nitrogens with one attached hydrogen (secondary N) is 1. The SMILES string of the molecule is CCNC(c1ccc(F)c(C)c1)c1sc(C)cc1C. The van der Waals surface area contributed by atoms with Gasteiger partial charge < -0.3 is 5.32 Å². The number of aryl methyl sites for hydroxylation is 3. The number of halogens is 1. The van der Waals surface area contributed by atoms with Crippen LogP contribution in [0, 0.1) is 26.6 Å². The van der Waals surface area contributed by atoms with Crippen molar-refractivity contribution in [3.05, 3.63) is 56.5 Å². The Bertz CT molecular complexity index is 574. The second-order valence-corrected chi connectivity index (χ2v) is 6.19. The van der Waals surface area contributed by atoms with Crippen molar-refractivity contribution >= 4 is 11.3 Å². The second kappa shape index (κ2) is 5.85. The van der Waals surface area contributed by atoms with Crippen molar-refractivity contribution in [3.8, 4) is 0 Å². The molecule has 0 aliphatic carbocycles. The topological polar surface area (TPSA) is 12.0 Å². The fourth-order valence-electron chi connectivity index (χ4n) is 2.36. The third kappa shape index (κ3) is 3.04. The molecule has 1 heterocycles. The molecule has 3 heteroatoms. The van der Waals surface area contributed by atoms with Gasteiger partial charge in [-0.15, -0.1) is 11.3 Å². The number of hydrogen-bond donors (Lipinski definition) is 1. The van der Waals surface area contributed by atoms with Gasteiger partial charge in [0, 0.05) is 9.75 Å². The number of hydrogen-bond acceptors (Lipinski definition) is 2. The Morgan fingerprint density at radius 2 is 1.89 bits per heavy atom. The molecular formula is C16H20FNS. The summed E-state index contributed by atoms with van der Waals surface area (Å²) in [6, 6.07) is 7.75. The first-order valence-electron chi connectivity index (χ1n) is 6.59. The van der Waals surface area contributed by atoms with Crippen LogP contribution in [0.2, 0.25) is 0 Å². The molecule has 102 valence electrons. The first-order valence-corrected chi connectivity index (χ1v) is 7.41. The zero-order valence-corrected chi connectivity index (χ0v) is 12.7. The first kappa shape index (κ1) is 14.2. The van der Waals surface area contributed by atoms with Crippen LogP contribution in [0.25, 0.3) is 0 Å². The van der Waals surface area contributed by atoms with E-state index in [9.17, 15) is 4.39 Å². The molecule has 19 heavy (non-hydrogen) atoms. The molecule has 0 saturated carbocycles. The van der Waals surface area contributed by atoms with Crippen LogP contribution >= 0.6 is 11.3 Å². The second-order valence-electron chi connectivity index (χ2n) is 4.90. The summed E-state index contributed by atoms with van der Waals surface area (Å²) in [6.45, 7) is 9.06. The minimum atomic E-state index is -0.141. The zero-order chi connectivity index (χ0) is 14.0. The van der Waals surface area contributed by atoms with E-state index >= 15 is 0 Å². The van der Waals surface area contributed by atoms with Gasteiger partial charge in [0.05, 0.1) is 6.04 Å². The highest BCUT2D eigenvalue weighted by atomic mass is 32.1. The Hall–Kier alpha value is -1.19. The summed E-state index contributed by atoms with van der Waals surface area (Å²) in [5.41, 5.74) is 3.13. The van der Waals surface area contributed by atoms with Gasteiger partial charge in [0.2, 0.25) is 0 Å². The highest BCUT2D eigenvalue weighted by molar-refractivity contribution is 7.12. The highest BCUT2D eigenvalue weighted by Crippen LogP contribution is 2.32. The van der Waals surface area contributed by atoms with Gasteiger partial charge in [-0.25, -0.2) is 4.39 Å². The van der Waals surface area contributed by atoms with Crippen molar-refractivity contribution in [2.45, 2.75) is 33.7 Å². The molecule has 1 unspecified atom stereocenters. The van der Waals surface area contributed by atoms with Crippen molar-refractivity contribution in [2.24, 2.45) is 0 Å². The Kier molecular flexibility index (Phi) is 4.38. The maximum atomic E-state index is 13.4. The van der Waals surface area contributed by atoms with Crippen LogP contribution in [-0.4, -0.2) is 6.54 Å². The van der Waals surface area contributed by atoms with Gasteiger partial charge in [0.1, 0.15) is 5.82 Å². The van der Waals surface area contributed by atoms with E-state index < -0.39 is 0 Å². The predicted molar refractivity (Wildman–Crippen MR) is 80.4 cm³/mol. The normalized spacial score (nSPS) is 12.7. The molecule has 0 radical (unpaired) electrons. The van der Waals surface area contributed by atoms with Crippen molar-refractivity contribution in [3.63, 3.8) is 0 Å². The van der Waals surface area contributed by atoms with E-state index in [0.717, 1.165) is 12.1 Å². The van der Waals surface area contributed by atoms with Crippen LogP contribution in [0.5, 0.6) is 0 Å². The molecule has 0 fully saturated rings. The Labute approximate surface area is 118 Å². The highest BCUT2D eigenvalue weighted by Gasteiger charge is 2.18. The maximum absolute atomic E-state index is 13.4. The molecule has 2 aromatic rings. The summed E-state index contributed by atoms with van der Waals surface area (Å²) in [6.07, 6.45) is 0. The molecule has 1 N–H and O–H groups in total. The van der Waals surface area contributed by atoms with Crippen LogP contribution in [0.1, 0.15) is 39.4 Å². The van der Waals surface area contributed by atoms with E-state index in [0.29, 0.717) is 5.56 Å². The van der Waals surface area contributed by atoms with Gasteiger partial charge in [0.25, 0.3) is 0 Å². The maximum Gasteiger partial charge on any atom is 0.126 e. The molecule has 1 nitrogen and oxygen atoms in total. The van der Waals surface area contributed by atoms with Crippen LogP contribution in [0.4, 0.5) is 4.39 Å². The molecular weight excluding hydrogens is 257 g/mol. The average Bonchev–Trinajstić information content (AvgIpc) is 2.69. The third-order valence-electron chi connectivity index (χ3n) is 3.27. The number of thiophene rings is 1. The fraction of sp³-hybridized carbons (Fsp3) is 0.375. The Morgan fingerprint density at radius 3 is 2.42 bits per heavy atom. The molecule has 1 atom stereocenters. The van der Waals surface area contributed by atoms with Gasteiger partial charge in [0.15, 0.2) is 0 Å². The molecule has 0 aliphatic heterocycles. The average molecular weight is 277 g/mol. The van der Waals surface area contributed by atoms with Crippen molar-refractivity contribution in [1.29, 1.82) is 0 Å². The van der Waals surface area contributed by atoms with Gasteiger partial charge in [-0.3, -0.25) is 0 Å². The molecule has 2 rings (SSSR count). The minimum absolute atomic E-state index is 0.141. The van der Waals surface area contributed by atoms with Gasteiger partial charge >= 0.3 is 0 Å². The van der Waals surface area contributed by atoms with E-state index in [4.69, 9.17) is 0 Å². The van der Waals surface area contributed by atoms with Crippen LogP contribution in [0.3, 0.4) is 0 Å². The van der Waals surface area contributed by atoms with Gasteiger partial charge in [-0.1, -0.05) is 19.1 Å². The van der Waals surface area contributed by atoms with E-state index in [2.05, 4.69) is 32.2 Å². The molecule has 1 aromatic heterocycles. The van der Waals surface area contributed by atoms with Gasteiger partial charge in [-0.2, -0.15) is 0 Å². The Morgan fingerprint density at radius 1 is 1.16 bits per heavy atom. The molecule has 0 aliphatic rings. The number of benzene rings is 1. The summed E-state index contributed by atoms with van der Waals surface area (Å²) >= 11 is 1.81. The largest absolute Gasteiger partial charge is 0.306 e. The van der Waals surface area contributed by atoms with Crippen molar-refractivity contribution < 1.29 is 4.39 Å². The lowest BCUT2D eigenvalue weighted by atomic mass is 10.0. The first-order chi connectivity index (χ1) is 9.02. The quantitative estimate of drug-likeness (QED) is 0.867. The summed E-state index contributed by atoms with van der Waals surface area (Å²) < 4.78 is 13.4. The van der Waals surface area contributed by atoms with Gasteiger partial charge in [-0.05, 0) is 56.1 Å². The number of rotatable bonds is 4. The smallest absolute Gasteiger partial charge is 0.126 e. The summed E-state index contributed by atoms with van der Waals surface area (Å²) in [5.74, 6) is -0.141. The summed E-state index contributed by atoms with van der Waals surface area (Å²) in [5, 5.41) is 3.50. The van der Waals surface area contributed by atoms with E-state index in [-0.39, 0.29) is 11.9 Å². The molecule has 0 saturated heterocycles. The van der Waals surface area contributed by atoms with Crippen molar-refractivity contribution in [2.75, 3.05) is 6.54 Å². The fourth-order valence-corrected chi connectivity index (χ4v) is 3.50. The summed E-state index contributed by atoms with van der Waals surface area (Å²) in [7, 11) is 0. The predicted octanol–water partition coefficient (Wildman–Crippen LogP) is 4.51. The zero-order valence-electron chi connectivity index (χ0n) is 11.9. The Balaban J connectivity index is 2.44. The van der Waals surface area contributed by atoms with Crippen molar-refractivity contribution in [1.82, 2.24) is 5.32 Å². The molecule has 0 bridgehead atoms. The van der Waals surface area contributed by atoms with E-state index in [1.807, 2.05) is 30.4 Å². The lowest BCUT2D eigenvalue weighted by molar-refractivity contribution is 0.608.